The number of aromatic nitrogens is 2. The van der Waals surface area contributed by atoms with Crippen LogP contribution in [-0.4, -0.2) is 55.5 Å². The van der Waals surface area contributed by atoms with Gasteiger partial charge in [-0.05, 0) is 49.2 Å². The number of methoxy groups -OCH3 is 2. The van der Waals surface area contributed by atoms with E-state index in [4.69, 9.17) is 9.47 Å². The lowest BCUT2D eigenvalue weighted by atomic mass is 9.97. The molecule has 190 valence electrons. The first-order valence-corrected chi connectivity index (χ1v) is 11.9. The number of fused-ring (bicyclic) bond motifs is 1. The van der Waals surface area contributed by atoms with Crippen LogP contribution < -0.4 is 25.4 Å². The Labute approximate surface area is 208 Å². The Bertz CT molecular complexity index is 1240. The molecule has 1 aromatic heterocycles. The minimum Gasteiger partial charge on any atom is -0.493 e. The van der Waals surface area contributed by atoms with Crippen LogP contribution in [-0.2, 0) is 0 Å². The van der Waals surface area contributed by atoms with Crippen molar-refractivity contribution in [2.75, 3.05) is 32.6 Å². The molecule has 0 bridgehead atoms. The van der Waals surface area contributed by atoms with Crippen LogP contribution >= 0.6 is 0 Å². The Morgan fingerprint density at radius 1 is 1.14 bits per heavy atom. The Balaban J connectivity index is 1.42. The smallest absolute Gasteiger partial charge is 0.260 e. The van der Waals surface area contributed by atoms with Crippen LogP contribution in [0.2, 0.25) is 0 Å². The monoisotopic (exact) mass is 497 g/mol. The van der Waals surface area contributed by atoms with Crippen LogP contribution in [0.15, 0.2) is 48.5 Å². The van der Waals surface area contributed by atoms with E-state index >= 15 is 0 Å². The van der Waals surface area contributed by atoms with Gasteiger partial charge in [0.25, 0.3) is 12.3 Å². The number of anilines is 1. The molecule has 1 amide bonds. The Morgan fingerprint density at radius 3 is 2.69 bits per heavy atom. The molecule has 3 unspecified atom stereocenters. The minimum atomic E-state index is -2.60. The molecule has 8 nitrogen and oxygen atoms in total. The fourth-order valence-electron chi connectivity index (χ4n) is 4.84. The quantitative estimate of drug-likeness (QED) is 0.457. The highest BCUT2D eigenvalue weighted by molar-refractivity contribution is 5.95. The number of hydrogen-bond donors (Lipinski definition) is 3. The zero-order valence-corrected chi connectivity index (χ0v) is 20.1. The first-order chi connectivity index (χ1) is 17.5. The van der Waals surface area contributed by atoms with Gasteiger partial charge in [0.15, 0.2) is 11.5 Å². The average Bonchev–Trinajstić information content (AvgIpc) is 3.57. The highest BCUT2D eigenvalue weighted by Crippen LogP contribution is 2.41. The molecule has 1 fully saturated rings. The van der Waals surface area contributed by atoms with Crippen LogP contribution in [0.4, 0.5) is 14.6 Å². The molecule has 0 saturated carbocycles. The molecule has 2 aliphatic rings. The summed E-state index contributed by atoms with van der Waals surface area (Å²) in [6, 6.07) is 12.9. The standard InChI is InChI=1S/C26H29F2N5O3/c1-35-22-7-6-16(11-23(22)36-2)19-12-21(25(27)28)33-24(31-19)13-20(32-33)15-4-3-5-17(10-15)26(34)30-18-8-9-29-14-18/h3-7,10-11,13,18-19,21,25,29,31H,8-9,12,14H2,1-2H3,(H,30,34). The van der Waals surface area contributed by atoms with Gasteiger partial charge in [0, 0.05) is 29.8 Å². The van der Waals surface area contributed by atoms with E-state index in [1.54, 1.807) is 43.5 Å². The molecule has 10 heteroatoms. The van der Waals surface area contributed by atoms with E-state index in [1.165, 1.54) is 11.8 Å². The lowest BCUT2D eigenvalue weighted by Crippen LogP contribution is -2.36. The Hall–Kier alpha value is -3.66. The summed E-state index contributed by atoms with van der Waals surface area (Å²) in [6.07, 6.45) is -1.56. The SMILES string of the molecule is COc1ccc(C2CC(C(F)F)n3nc(-c4cccc(C(=O)NC5CCNC5)c4)cc3N2)cc1OC. The van der Waals surface area contributed by atoms with E-state index in [0.717, 1.165) is 25.1 Å². The van der Waals surface area contributed by atoms with Crippen molar-refractivity contribution in [2.45, 2.75) is 37.4 Å². The minimum absolute atomic E-state index is 0.102. The maximum atomic E-state index is 14.1. The molecule has 3 heterocycles. The fourth-order valence-corrected chi connectivity index (χ4v) is 4.84. The first kappa shape index (κ1) is 24.1. The molecule has 1 saturated heterocycles. The number of rotatable bonds is 7. The predicted octanol–water partition coefficient (Wildman–Crippen LogP) is 4.02. The lowest BCUT2D eigenvalue weighted by Gasteiger charge is -2.32. The number of ether oxygens (including phenoxy) is 2. The largest absolute Gasteiger partial charge is 0.493 e. The second-order valence-electron chi connectivity index (χ2n) is 9.05. The van der Waals surface area contributed by atoms with E-state index < -0.39 is 12.5 Å². The van der Waals surface area contributed by atoms with Gasteiger partial charge in [0.05, 0.1) is 26.0 Å². The number of halogens is 2. The molecule has 2 aliphatic heterocycles. The molecule has 5 rings (SSSR count). The van der Waals surface area contributed by atoms with Gasteiger partial charge in [-0.3, -0.25) is 4.79 Å². The molecule has 3 N–H and O–H groups in total. The van der Waals surface area contributed by atoms with Gasteiger partial charge < -0.3 is 25.4 Å². The fraction of sp³-hybridized carbons (Fsp3) is 0.385. The van der Waals surface area contributed by atoms with Crippen LogP contribution in [0.5, 0.6) is 11.5 Å². The van der Waals surface area contributed by atoms with Crippen LogP contribution in [0.1, 0.15) is 40.8 Å². The van der Waals surface area contributed by atoms with E-state index in [2.05, 4.69) is 21.0 Å². The molecular formula is C26H29F2N5O3. The van der Waals surface area contributed by atoms with Crippen LogP contribution in [0.3, 0.4) is 0 Å². The maximum Gasteiger partial charge on any atom is 0.260 e. The number of nitrogens with zero attached hydrogens (tertiary/aromatic N) is 2. The number of carbonyl (C=O) groups is 1. The van der Waals surface area contributed by atoms with Crippen molar-refractivity contribution in [2.24, 2.45) is 0 Å². The number of hydrogen-bond acceptors (Lipinski definition) is 6. The summed E-state index contributed by atoms with van der Waals surface area (Å²) >= 11 is 0. The molecule has 3 atom stereocenters. The van der Waals surface area contributed by atoms with Crippen molar-refractivity contribution >= 4 is 11.7 Å². The second-order valence-corrected chi connectivity index (χ2v) is 9.05. The Kier molecular flexibility index (Phi) is 6.77. The highest BCUT2D eigenvalue weighted by atomic mass is 19.3. The molecule has 0 spiro atoms. The van der Waals surface area contributed by atoms with E-state index in [-0.39, 0.29) is 24.4 Å². The summed E-state index contributed by atoms with van der Waals surface area (Å²) in [5.74, 6) is 1.44. The van der Waals surface area contributed by atoms with Crippen molar-refractivity contribution in [3.05, 3.63) is 59.7 Å². The van der Waals surface area contributed by atoms with Crippen LogP contribution in [0.25, 0.3) is 11.3 Å². The van der Waals surface area contributed by atoms with Gasteiger partial charge >= 0.3 is 0 Å². The molecule has 2 aromatic carbocycles. The van der Waals surface area contributed by atoms with Crippen molar-refractivity contribution in [1.29, 1.82) is 0 Å². The zero-order chi connectivity index (χ0) is 25.2. The van der Waals surface area contributed by atoms with Gasteiger partial charge in [0.1, 0.15) is 11.9 Å². The van der Waals surface area contributed by atoms with Crippen molar-refractivity contribution in [1.82, 2.24) is 20.4 Å². The molecule has 0 aliphatic carbocycles. The van der Waals surface area contributed by atoms with Gasteiger partial charge in [0.2, 0.25) is 0 Å². The second kappa shape index (κ2) is 10.1. The highest BCUT2D eigenvalue weighted by Gasteiger charge is 2.35. The summed E-state index contributed by atoms with van der Waals surface area (Å²) in [5, 5.41) is 14.1. The van der Waals surface area contributed by atoms with E-state index in [0.29, 0.717) is 34.1 Å². The number of alkyl halides is 2. The Morgan fingerprint density at radius 2 is 1.97 bits per heavy atom. The van der Waals surface area contributed by atoms with Gasteiger partial charge in [-0.15, -0.1) is 0 Å². The lowest BCUT2D eigenvalue weighted by molar-refractivity contribution is 0.0659. The number of nitrogens with one attached hydrogen (secondary N) is 3. The maximum absolute atomic E-state index is 14.1. The molecular weight excluding hydrogens is 468 g/mol. The molecule has 0 radical (unpaired) electrons. The predicted molar refractivity (Wildman–Crippen MR) is 132 cm³/mol. The van der Waals surface area contributed by atoms with Gasteiger partial charge in [-0.1, -0.05) is 18.2 Å². The first-order valence-electron chi connectivity index (χ1n) is 11.9. The van der Waals surface area contributed by atoms with Gasteiger partial charge in [-0.25, -0.2) is 13.5 Å². The van der Waals surface area contributed by atoms with Crippen LogP contribution in [0, 0.1) is 0 Å². The normalized spacial score (nSPS) is 21.1. The third-order valence-corrected chi connectivity index (χ3v) is 6.77. The average molecular weight is 498 g/mol. The van der Waals surface area contributed by atoms with Crippen molar-refractivity contribution in [3.8, 4) is 22.8 Å². The molecule has 3 aromatic rings. The summed E-state index contributed by atoms with van der Waals surface area (Å²) < 4.78 is 40.3. The molecule has 36 heavy (non-hydrogen) atoms. The number of benzene rings is 2. The van der Waals surface area contributed by atoms with Crippen molar-refractivity contribution < 1.29 is 23.0 Å². The summed E-state index contributed by atoms with van der Waals surface area (Å²) in [5.41, 5.74) is 2.53. The summed E-state index contributed by atoms with van der Waals surface area (Å²) in [7, 11) is 3.09. The number of amides is 1. The van der Waals surface area contributed by atoms with E-state index in [9.17, 15) is 13.6 Å². The summed E-state index contributed by atoms with van der Waals surface area (Å²) in [6.45, 7) is 1.63. The third-order valence-electron chi connectivity index (χ3n) is 6.77. The third kappa shape index (κ3) is 4.73. The topological polar surface area (TPSA) is 89.4 Å². The van der Waals surface area contributed by atoms with Gasteiger partial charge in [-0.2, -0.15) is 5.10 Å². The zero-order valence-electron chi connectivity index (χ0n) is 20.1. The number of carbonyl (C=O) groups excluding carboxylic acids is 1. The van der Waals surface area contributed by atoms with Crippen molar-refractivity contribution in [3.63, 3.8) is 0 Å². The summed E-state index contributed by atoms with van der Waals surface area (Å²) in [4.78, 5) is 12.7. The van der Waals surface area contributed by atoms with E-state index in [1.807, 2.05) is 12.1 Å².